The highest BCUT2D eigenvalue weighted by Gasteiger charge is 2.34. The van der Waals surface area contributed by atoms with Gasteiger partial charge >= 0.3 is 0 Å². The standard InChI is InChI=1S/C26H34N6O3S/c1-17-12-20(17)15-31(2)23-14-19(13-21(28-23)16-32(3)36(33)34)25-29-30-26(35-25)24-22(10-7-11-27-24)18-8-5-4-6-9-18/h4-6,8-9,13-14,17,20,22,24,27,36H,7,10-12,15-16H2,1-3H3. The second-order valence-electron chi connectivity index (χ2n) is 10.1. The fourth-order valence-electron chi connectivity index (χ4n) is 5.05. The van der Waals surface area contributed by atoms with Crippen molar-refractivity contribution in [2.24, 2.45) is 11.8 Å². The fraction of sp³-hybridized carbons (Fsp3) is 0.500. The van der Waals surface area contributed by atoms with Gasteiger partial charge < -0.3 is 14.6 Å². The third kappa shape index (κ3) is 5.61. The van der Waals surface area contributed by atoms with E-state index in [0.29, 0.717) is 23.4 Å². The molecule has 2 aliphatic rings. The van der Waals surface area contributed by atoms with Gasteiger partial charge in [0.25, 0.3) is 0 Å². The maximum atomic E-state index is 11.5. The van der Waals surface area contributed by atoms with Gasteiger partial charge in [0.2, 0.25) is 22.7 Å². The van der Waals surface area contributed by atoms with Gasteiger partial charge in [-0.1, -0.05) is 37.3 Å². The van der Waals surface area contributed by atoms with E-state index in [1.165, 1.54) is 16.3 Å². The Morgan fingerprint density at radius 1 is 1.14 bits per heavy atom. The zero-order valence-electron chi connectivity index (χ0n) is 21.0. The largest absolute Gasteiger partial charge is 0.419 e. The maximum Gasteiger partial charge on any atom is 0.248 e. The van der Waals surface area contributed by atoms with Crippen LogP contribution in [0.3, 0.4) is 0 Å². The molecule has 0 bridgehead atoms. The summed E-state index contributed by atoms with van der Waals surface area (Å²) in [6.07, 6.45) is 3.36. The highest BCUT2D eigenvalue weighted by atomic mass is 32.2. The Kier molecular flexibility index (Phi) is 7.36. The average molecular weight is 511 g/mol. The molecule has 1 saturated carbocycles. The van der Waals surface area contributed by atoms with E-state index in [9.17, 15) is 8.42 Å². The molecule has 0 radical (unpaired) electrons. The first-order valence-electron chi connectivity index (χ1n) is 12.6. The Balaban J connectivity index is 1.45. The van der Waals surface area contributed by atoms with Gasteiger partial charge in [0.15, 0.2) is 0 Å². The van der Waals surface area contributed by atoms with E-state index in [2.05, 4.69) is 51.6 Å². The molecule has 1 aliphatic carbocycles. The van der Waals surface area contributed by atoms with Crippen molar-refractivity contribution in [2.75, 3.05) is 32.1 Å². The van der Waals surface area contributed by atoms with E-state index in [0.717, 1.165) is 43.2 Å². The number of aromatic nitrogens is 3. The van der Waals surface area contributed by atoms with Crippen molar-refractivity contribution in [2.45, 2.75) is 44.7 Å². The Morgan fingerprint density at radius 3 is 2.64 bits per heavy atom. The summed E-state index contributed by atoms with van der Waals surface area (Å²) in [6.45, 7) is 4.24. The molecule has 2 aromatic heterocycles. The number of hydrogen-bond acceptors (Lipinski definition) is 8. The summed E-state index contributed by atoms with van der Waals surface area (Å²) in [7, 11) is 0.866. The van der Waals surface area contributed by atoms with E-state index in [1.807, 2.05) is 25.2 Å². The first-order valence-corrected chi connectivity index (χ1v) is 13.7. The minimum absolute atomic E-state index is 0.0576. The van der Waals surface area contributed by atoms with Crippen LogP contribution in [0.2, 0.25) is 0 Å². The van der Waals surface area contributed by atoms with Crippen molar-refractivity contribution < 1.29 is 12.8 Å². The minimum atomic E-state index is -2.70. The van der Waals surface area contributed by atoms with Gasteiger partial charge in [-0.25, -0.2) is 17.7 Å². The van der Waals surface area contributed by atoms with Gasteiger partial charge in [-0.3, -0.25) is 0 Å². The van der Waals surface area contributed by atoms with Crippen LogP contribution in [0.25, 0.3) is 11.5 Å². The second kappa shape index (κ2) is 10.7. The molecule has 3 aromatic rings. The van der Waals surface area contributed by atoms with Crippen LogP contribution >= 0.6 is 0 Å². The number of nitrogens with one attached hydrogen (secondary N) is 1. The van der Waals surface area contributed by atoms with Crippen LogP contribution in [0.1, 0.15) is 55.3 Å². The molecular formula is C26H34N6O3S. The predicted octanol–water partition coefficient (Wildman–Crippen LogP) is 3.39. The van der Waals surface area contributed by atoms with E-state index in [-0.39, 0.29) is 18.5 Å². The SMILES string of the molecule is CC1CC1CN(C)c1cc(-c2nnc(C3NCCCC3c3ccccc3)o2)cc(CN(C)[SH](=O)=O)n1. The molecule has 1 aliphatic heterocycles. The minimum Gasteiger partial charge on any atom is -0.419 e. The van der Waals surface area contributed by atoms with Crippen molar-refractivity contribution in [1.82, 2.24) is 24.8 Å². The zero-order valence-corrected chi connectivity index (χ0v) is 21.9. The number of piperidine rings is 1. The van der Waals surface area contributed by atoms with Crippen molar-refractivity contribution in [1.29, 1.82) is 0 Å². The van der Waals surface area contributed by atoms with Crippen LogP contribution in [0.4, 0.5) is 5.82 Å². The molecule has 5 rings (SSSR count). The van der Waals surface area contributed by atoms with Gasteiger partial charge in [-0.05, 0) is 55.3 Å². The van der Waals surface area contributed by atoms with Crippen LogP contribution in [0.5, 0.6) is 0 Å². The molecule has 1 N–H and O–H groups in total. The quantitative estimate of drug-likeness (QED) is 0.422. The van der Waals surface area contributed by atoms with Crippen LogP contribution in [0, 0.1) is 11.8 Å². The lowest BCUT2D eigenvalue weighted by molar-refractivity contribution is 0.303. The first-order chi connectivity index (χ1) is 17.4. The lowest BCUT2D eigenvalue weighted by atomic mass is 9.85. The summed E-state index contributed by atoms with van der Waals surface area (Å²) in [6, 6.07) is 14.2. The van der Waals surface area contributed by atoms with Gasteiger partial charge in [-0.2, -0.15) is 0 Å². The van der Waals surface area contributed by atoms with E-state index in [4.69, 9.17) is 9.40 Å². The molecule has 9 nitrogen and oxygen atoms in total. The first kappa shape index (κ1) is 24.9. The number of nitrogens with zero attached hydrogens (tertiary/aromatic N) is 5. The molecule has 36 heavy (non-hydrogen) atoms. The maximum absolute atomic E-state index is 11.5. The predicted molar refractivity (Wildman–Crippen MR) is 139 cm³/mol. The van der Waals surface area contributed by atoms with Gasteiger partial charge in [-0.15, -0.1) is 10.2 Å². The number of thiol groups is 1. The fourth-order valence-corrected chi connectivity index (χ4v) is 5.31. The molecule has 3 heterocycles. The molecule has 1 saturated heterocycles. The number of benzene rings is 1. The third-order valence-electron chi connectivity index (χ3n) is 7.35. The average Bonchev–Trinajstić information content (AvgIpc) is 3.36. The molecule has 0 amide bonds. The number of anilines is 1. The Morgan fingerprint density at radius 2 is 1.92 bits per heavy atom. The summed E-state index contributed by atoms with van der Waals surface area (Å²) in [5.74, 6) is 3.39. The smallest absolute Gasteiger partial charge is 0.248 e. The molecule has 4 unspecified atom stereocenters. The Bertz CT molecular complexity index is 1260. The van der Waals surface area contributed by atoms with Crippen LogP contribution < -0.4 is 10.2 Å². The van der Waals surface area contributed by atoms with Gasteiger partial charge in [0.05, 0.1) is 18.3 Å². The van der Waals surface area contributed by atoms with Crippen molar-refractivity contribution >= 4 is 16.7 Å². The summed E-state index contributed by atoms with van der Waals surface area (Å²) in [5.41, 5.74) is 2.64. The van der Waals surface area contributed by atoms with Crippen molar-refractivity contribution in [3.05, 3.63) is 59.6 Å². The Labute approximate surface area is 214 Å². The highest BCUT2D eigenvalue weighted by Crippen LogP contribution is 2.39. The van der Waals surface area contributed by atoms with Crippen LogP contribution in [0.15, 0.2) is 46.9 Å². The summed E-state index contributed by atoms with van der Waals surface area (Å²) < 4.78 is 30.4. The monoisotopic (exact) mass is 510 g/mol. The molecular weight excluding hydrogens is 476 g/mol. The third-order valence-corrected chi connectivity index (χ3v) is 8.05. The van der Waals surface area contributed by atoms with E-state index < -0.39 is 10.9 Å². The van der Waals surface area contributed by atoms with E-state index in [1.54, 1.807) is 7.05 Å². The number of hydrogen-bond donors (Lipinski definition) is 2. The normalized spacial score (nSPS) is 23.8. The molecule has 1 aromatic carbocycles. The van der Waals surface area contributed by atoms with Crippen molar-refractivity contribution in [3.8, 4) is 11.5 Å². The van der Waals surface area contributed by atoms with Gasteiger partial charge in [0, 0.05) is 32.1 Å². The van der Waals surface area contributed by atoms with Crippen molar-refractivity contribution in [3.63, 3.8) is 0 Å². The molecule has 10 heteroatoms. The summed E-state index contributed by atoms with van der Waals surface area (Å²) in [4.78, 5) is 6.88. The van der Waals surface area contributed by atoms with Gasteiger partial charge in [0.1, 0.15) is 5.82 Å². The molecule has 0 spiro atoms. The number of pyridine rings is 1. The Hall–Kier alpha value is -2.82. The lowest BCUT2D eigenvalue weighted by Crippen LogP contribution is -2.33. The number of rotatable bonds is 9. The lowest BCUT2D eigenvalue weighted by Gasteiger charge is -2.30. The van der Waals surface area contributed by atoms with Crippen LogP contribution in [-0.4, -0.2) is 55.1 Å². The molecule has 4 atom stereocenters. The second-order valence-corrected chi connectivity index (χ2v) is 11.3. The molecule has 2 fully saturated rings. The van der Waals surface area contributed by atoms with E-state index >= 15 is 0 Å². The topological polar surface area (TPSA) is 104 Å². The van der Waals surface area contributed by atoms with Crippen LogP contribution in [-0.2, 0) is 17.4 Å². The summed E-state index contributed by atoms with van der Waals surface area (Å²) >= 11 is 0. The summed E-state index contributed by atoms with van der Waals surface area (Å²) in [5, 5.41) is 12.4. The zero-order chi connectivity index (χ0) is 25.2. The molecule has 192 valence electrons. The highest BCUT2D eigenvalue weighted by molar-refractivity contribution is 7.69.